The molecule has 6 nitrogen and oxygen atoms in total. The minimum absolute atomic E-state index is 0.0196. The van der Waals surface area contributed by atoms with Crippen LogP contribution in [0.1, 0.15) is 28.8 Å². The summed E-state index contributed by atoms with van der Waals surface area (Å²) in [6, 6.07) is 15.8. The number of amides is 2. The van der Waals surface area contributed by atoms with Crippen molar-refractivity contribution in [2.45, 2.75) is 19.3 Å². The predicted molar refractivity (Wildman–Crippen MR) is 135 cm³/mol. The van der Waals surface area contributed by atoms with Crippen LogP contribution in [0.5, 0.6) is 5.75 Å². The van der Waals surface area contributed by atoms with Gasteiger partial charge in [0, 0.05) is 29.8 Å². The molecule has 0 aliphatic carbocycles. The molecule has 0 unspecified atom stereocenters. The first-order valence-corrected chi connectivity index (χ1v) is 11.9. The average molecular weight is 494 g/mol. The molecule has 1 heterocycles. The van der Waals surface area contributed by atoms with Crippen molar-refractivity contribution in [1.82, 2.24) is 4.90 Å². The van der Waals surface area contributed by atoms with Crippen LogP contribution in [0.2, 0.25) is 0 Å². The number of benzene rings is 3. The number of likely N-dealkylation sites (tertiary alicyclic amines) is 1. The molecule has 0 spiro atoms. The van der Waals surface area contributed by atoms with E-state index in [0.717, 1.165) is 50.5 Å². The number of piperidine rings is 1. The molecule has 188 valence electrons. The summed E-state index contributed by atoms with van der Waals surface area (Å²) in [5.41, 5.74) is 7.47. The largest absolute Gasteiger partial charge is 0.497 e. The molecule has 0 bridgehead atoms. The molecule has 8 heteroatoms. The average Bonchev–Trinajstić information content (AvgIpc) is 2.88. The Kier molecular flexibility index (Phi) is 7.95. The molecular formula is C28H29F2N3O3. The molecule has 1 fully saturated rings. The normalized spacial score (nSPS) is 14.4. The molecule has 0 aromatic heterocycles. The van der Waals surface area contributed by atoms with E-state index < -0.39 is 17.5 Å². The standard InChI is InChI=1S/C28H29F2N3O3/c1-36-22-7-9-23(26(30)17-22)20-4-8-24(25(29)16-20)28(35)32-21-5-2-18(3-6-21)10-13-33-14-11-19(12-15-33)27(31)34/h2-9,16-17,19H,10-15H2,1H3,(H2,31,34)(H,32,35). The van der Waals surface area contributed by atoms with Gasteiger partial charge in [-0.05, 0) is 79.9 Å². The van der Waals surface area contributed by atoms with E-state index in [1.54, 1.807) is 18.2 Å². The van der Waals surface area contributed by atoms with Gasteiger partial charge in [-0.15, -0.1) is 0 Å². The van der Waals surface area contributed by atoms with Crippen molar-refractivity contribution in [2.75, 3.05) is 32.1 Å². The summed E-state index contributed by atoms with van der Waals surface area (Å²) in [4.78, 5) is 26.3. The second kappa shape index (κ2) is 11.3. The third-order valence-corrected chi connectivity index (χ3v) is 6.62. The first-order valence-electron chi connectivity index (χ1n) is 11.9. The quantitative estimate of drug-likeness (QED) is 0.479. The lowest BCUT2D eigenvalue weighted by molar-refractivity contribution is -0.123. The van der Waals surface area contributed by atoms with Gasteiger partial charge < -0.3 is 20.7 Å². The number of ether oxygens (including phenoxy) is 1. The number of anilines is 1. The van der Waals surface area contributed by atoms with Gasteiger partial charge in [0.15, 0.2) is 0 Å². The lowest BCUT2D eigenvalue weighted by Gasteiger charge is -2.30. The fourth-order valence-corrected chi connectivity index (χ4v) is 4.41. The Labute approximate surface area is 209 Å². The highest BCUT2D eigenvalue weighted by molar-refractivity contribution is 6.04. The molecule has 4 rings (SSSR count). The minimum atomic E-state index is -0.739. The van der Waals surface area contributed by atoms with Crippen LogP contribution in [-0.2, 0) is 11.2 Å². The van der Waals surface area contributed by atoms with Crippen molar-refractivity contribution in [1.29, 1.82) is 0 Å². The maximum Gasteiger partial charge on any atom is 0.258 e. The maximum absolute atomic E-state index is 14.7. The highest BCUT2D eigenvalue weighted by Crippen LogP contribution is 2.28. The number of primary amides is 1. The second-order valence-corrected chi connectivity index (χ2v) is 8.96. The molecule has 2 amide bonds. The van der Waals surface area contributed by atoms with Gasteiger partial charge in [-0.3, -0.25) is 9.59 Å². The number of methoxy groups -OCH3 is 1. The zero-order chi connectivity index (χ0) is 25.7. The van der Waals surface area contributed by atoms with Crippen LogP contribution in [0.15, 0.2) is 60.7 Å². The fourth-order valence-electron chi connectivity index (χ4n) is 4.41. The van der Waals surface area contributed by atoms with Crippen molar-refractivity contribution in [3.05, 3.63) is 83.4 Å². The van der Waals surface area contributed by atoms with Gasteiger partial charge in [0.25, 0.3) is 5.91 Å². The fraction of sp³-hybridized carbons (Fsp3) is 0.286. The van der Waals surface area contributed by atoms with Gasteiger partial charge in [0.1, 0.15) is 17.4 Å². The maximum atomic E-state index is 14.7. The van der Waals surface area contributed by atoms with E-state index in [4.69, 9.17) is 10.5 Å². The number of rotatable bonds is 8. The number of nitrogens with one attached hydrogen (secondary N) is 1. The van der Waals surface area contributed by atoms with Crippen LogP contribution in [0.4, 0.5) is 14.5 Å². The van der Waals surface area contributed by atoms with Crippen LogP contribution >= 0.6 is 0 Å². The summed E-state index contributed by atoms with van der Waals surface area (Å²) in [6.45, 7) is 2.60. The van der Waals surface area contributed by atoms with Crippen molar-refractivity contribution in [3.8, 4) is 16.9 Å². The Morgan fingerprint density at radius 3 is 2.33 bits per heavy atom. The van der Waals surface area contributed by atoms with Crippen molar-refractivity contribution < 1.29 is 23.1 Å². The van der Waals surface area contributed by atoms with Crippen LogP contribution in [0.25, 0.3) is 11.1 Å². The Morgan fingerprint density at radius 2 is 1.72 bits per heavy atom. The van der Waals surface area contributed by atoms with Crippen molar-refractivity contribution in [2.24, 2.45) is 11.7 Å². The SMILES string of the molecule is COc1ccc(-c2ccc(C(=O)Nc3ccc(CCN4CCC(C(N)=O)CC4)cc3)c(F)c2)c(F)c1. The van der Waals surface area contributed by atoms with Gasteiger partial charge >= 0.3 is 0 Å². The summed E-state index contributed by atoms with van der Waals surface area (Å²) >= 11 is 0. The van der Waals surface area contributed by atoms with Crippen LogP contribution in [0, 0.1) is 17.6 Å². The zero-order valence-corrected chi connectivity index (χ0v) is 20.1. The molecule has 1 aliphatic heterocycles. The van der Waals surface area contributed by atoms with Gasteiger partial charge in [0.05, 0.1) is 12.7 Å². The molecule has 3 N–H and O–H groups in total. The summed E-state index contributed by atoms with van der Waals surface area (Å²) in [5.74, 6) is -1.73. The highest BCUT2D eigenvalue weighted by Gasteiger charge is 2.22. The molecule has 0 atom stereocenters. The van der Waals surface area contributed by atoms with Crippen molar-refractivity contribution >= 4 is 17.5 Å². The molecule has 0 radical (unpaired) electrons. The Balaban J connectivity index is 1.33. The van der Waals surface area contributed by atoms with E-state index in [2.05, 4.69) is 10.2 Å². The van der Waals surface area contributed by atoms with Gasteiger partial charge in [-0.1, -0.05) is 18.2 Å². The molecule has 36 heavy (non-hydrogen) atoms. The third kappa shape index (κ3) is 6.07. The Bertz CT molecular complexity index is 1240. The lowest BCUT2D eigenvalue weighted by Crippen LogP contribution is -2.39. The van der Waals surface area contributed by atoms with Crippen LogP contribution < -0.4 is 15.8 Å². The Morgan fingerprint density at radius 1 is 1.00 bits per heavy atom. The summed E-state index contributed by atoms with van der Waals surface area (Å²) < 4.78 is 34.1. The molecule has 3 aromatic carbocycles. The number of halogens is 2. The first-order chi connectivity index (χ1) is 17.3. The number of carbonyl (C=O) groups excluding carboxylic acids is 2. The monoisotopic (exact) mass is 493 g/mol. The van der Waals surface area contributed by atoms with E-state index in [1.807, 2.05) is 12.1 Å². The topological polar surface area (TPSA) is 84.7 Å². The van der Waals surface area contributed by atoms with E-state index >= 15 is 0 Å². The van der Waals surface area contributed by atoms with E-state index in [-0.39, 0.29) is 23.0 Å². The van der Waals surface area contributed by atoms with Crippen LogP contribution in [-0.4, -0.2) is 43.5 Å². The molecule has 1 aliphatic rings. The molecule has 0 saturated carbocycles. The number of nitrogens with two attached hydrogens (primary N) is 1. The van der Waals surface area contributed by atoms with E-state index in [1.165, 1.54) is 31.4 Å². The molecule has 1 saturated heterocycles. The first kappa shape index (κ1) is 25.3. The predicted octanol–water partition coefficient (Wildman–Crippen LogP) is 4.63. The van der Waals surface area contributed by atoms with E-state index in [9.17, 15) is 18.4 Å². The van der Waals surface area contributed by atoms with Crippen molar-refractivity contribution in [3.63, 3.8) is 0 Å². The van der Waals surface area contributed by atoms with Gasteiger partial charge in [-0.2, -0.15) is 0 Å². The number of hydrogen-bond donors (Lipinski definition) is 2. The van der Waals surface area contributed by atoms with E-state index in [0.29, 0.717) is 17.0 Å². The van der Waals surface area contributed by atoms with Gasteiger partial charge in [0.2, 0.25) is 5.91 Å². The smallest absolute Gasteiger partial charge is 0.258 e. The summed E-state index contributed by atoms with van der Waals surface area (Å²) in [6.07, 6.45) is 2.44. The zero-order valence-electron chi connectivity index (χ0n) is 20.1. The minimum Gasteiger partial charge on any atom is -0.497 e. The Hall–Kier alpha value is -3.78. The van der Waals surface area contributed by atoms with Crippen LogP contribution in [0.3, 0.4) is 0 Å². The highest BCUT2D eigenvalue weighted by atomic mass is 19.1. The van der Waals surface area contributed by atoms with Gasteiger partial charge in [-0.25, -0.2) is 8.78 Å². The number of hydrogen-bond acceptors (Lipinski definition) is 4. The summed E-state index contributed by atoms with van der Waals surface area (Å²) in [5, 5.41) is 2.71. The second-order valence-electron chi connectivity index (χ2n) is 8.96. The molecular weight excluding hydrogens is 464 g/mol. The lowest BCUT2D eigenvalue weighted by atomic mass is 9.96. The summed E-state index contributed by atoms with van der Waals surface area (Å²) in [7, 11) is 1.44. The third-order valence-electron chi connectivity index (χ3n) is 6.62. The number of carbonyl (C=O) groups is 2. The number of nitrogens with zero attached hydrogens (tertiary/aromatic N) is 1. The molecule has 3 aromatic rings.